The number of ether oxygens (including phenoxy) is 1. The highest BCUT2D eigenvalue weighted by atomic mass is 32.2. The largest absolute Gasteiger partial charge is 0.457 e. The lowest BCUT2D eigenvalue weighted by Gasteiger charge is -2.16. The summed E-state index contributed by atoms with van der Waals surface area (Å²) in [6.45, 7) is 0. The SMILES string of the molecule is O=C1NC(=O)C([C@@H]2CCc3cc(Oc4ccncc4)ccc32)S1. The molecule has 0 saturated carbocycles. The van der Waals surface area contributed by atoms with Crippen molar-refractivity contribution >= 4 is 22.9 Å². The van der Waals surface area contributed by atoms with Gasteiger partial charge in [0.1, 0.15) is 16.7 Å². The minimum atomic E-state index is -0.310. The Morgan fingerprint density at radius 2 is 1.96 bits per heavy atom. The molecule has 0 bridgehead atoms. The lowest BCUT2D eigenvalue weighted by molar-refractivity contribution is -0.119. The van der Waals surface area contributed by atoms with E-state index in [1.165, 1.54) is 5.56 Å². The molecule has 2 aromatic rings. The van der Waals surface area contributed by atoms with Gasteiger partial charge in [0.15, 0.2) is 0 Å². The molecular formula is C17H14N2O3S. The second-order valence-electron chi connectivity index (χ2n) is 5.61. The van der Waals surface area contributed by atoms with Crippen molar-refractivity contribution in [3.05, 3.63) is 53.9 Å². The fourth-order valence-electron chi connectivity index (χ4n) is 3.18. The minimum absolute atomic E-state index is 0.0939. The Kier molecular flexibility index (Phi) is 3.53. The summed E-state index contributed by atoms with van der Waals surface area (Å²) < 4.78 is 5.82. The monoisotopic (exact) mass is 326 g/mol. The molecule has 1 aliphatic carbocycles. The quantitative estimate of drug-likeness (QED) is 0.937. The van der Waals surface area contributed by atoms with Crippen LogP contribution in [0.1, 0.15) is 23.5 Å². The van der Waals surface area contributed by atoms with Gasteiger partial charge < -0.3 is 4.74 Å². The van der Waals surface area contributed by atoms with E-state index in [2.05, 4.69) is 10.3 Å². The van der Waals surface area contributed by atoms with Crippen molar-refractivity contribution in [2.45, 2.75) is 24.0 Å². The van der Waals surface area contributed by atoms with Gasteiger partial charge in [0.05, 0.1) is 0 Å². The summed E-state index contributed by atoms with van der Waals surface area (Å²) in [4.78, 5) is 27.3. The number of rotatable bonds is 3. The number of carbonyl (C=O) groups is 2. The van der Waals surface area contributed by atoms with E-state index in [1.807, 2.05) is 18.2 Å². The number of nitrogens with zero attached hydrogens (tertiary/aromatic N) is 1. The Balaban J connectivity index is 1.57. The highest BCUT2D eigenvalue weighted by Crippen LogP contribution is 2.43. The molecule has 116 valence electrons. The van der Waals surface area contributed by atoms with Crippen molar-refractivity contribution < 1.29 is 14.3 Å². The third-order valence-corrected chi connectivity index (χ3v) is 5.32. The molecule has 1 fully saturated rings. The fourth-order valence-corrected chi connectivity index (χ4v) is 4.19. The summed E-state index contributed by atoms with van der Waals surface area (Å²) >= 11 is 1.10. The van der Waals surface area contributed by atoms with Crippen LogP contribution in [0.5, 0.6) is 11.5 Å². The number of aromatic nitrogens is 1. The Hall–Kier alpha value is -2.34. The fraction of sp³-hybridized carbons (Fsp3) is 0.235. The molecule has 4 rings (SSSR count). The van der Waals surface area contributed by atoms with Gasteiger partial charge in [-0.05, 0) is 48.2 Å². The van der Waals surface area contributed by atoms with Gasteiger partial charge in [-0.25, -0.2) is 0 Å². The molecule has 1 N–H and O–H groups in total. The first kappa shape index (κ1) is 14.3. The molecule has 1 aromatic heterocycles. The van der Waals surface area contributed by atoms with Crippen LogP contribution in [-0.4, -0.2) is 21.4 Å². The zero-order chi connectivity index (χ0) is 15.8. The van der Waals surface area contributed by atoms with E-state index < -0.39 is 0 Å². The number of benzene rings is 1. The summed E-state index contributed by atoms with van der Waals surface area (Å²) in [5.74, 6) is 1.44. The molecular weight excluding hydrogens is 312 g/mol. The maximum atomic E-state index is 11.9. The van der Waals surface area contributed by atoms with Crippen LogP contribution in [0.15, 0.2) is 42.7 Å². The van der Waals surface area contributed by atoms with Gasteiger partial charge in [-0.2, -0.15) is 0 Å². The van der Waals surface area contributed by atoms with E-state index in [0.29, 0.717) is 0 Å². The average Bonchev–Trinajstić information content (AvgIpc) is 3.10. The van der Waals surface area contributed by atoms with Crippen molar-refractivity contribution in [1.82, 2.24) is 10.3 Å². The van der Waals surface area contributed by atoms with Crippen LogP contribution >= 0.6 is 11.8 Å². The Morgan fingerprint density at radius 3 is 2.70 bits per heavy atom. The molecule has 2 heterocycles. The van der Waals surface area contributed by atoms with E-state index >= 15 is 0 Å². The summed E-state index contributed by atoms with van der Waals surface area (Å²) in [6.07, 6.45) is 5.15. The predicted octanol–water partition coefficient (Wildman–Crippen LogP) is 3.26. The van der Waals surface area contributed by atoms with E-state index in [-0.39, 0.29) is 22.3 Å². The van der Waals surface area contributed by atoms with Gasteiger partial charge >= 0.3 is 0 Å². The van der Waals surface area contributed by atoms with Crippen LogP contribution in [-0.2, 0) is 11.2 Å². The van der Waals surface area contributed by atoms with Gasteiger partial charge in [0, 0.05) is 18.3 Å². The number of pyridine rings is 1. The second-order valence-corrected chi connectivity index (χ2v) is 6.72. The molecule has 5 nitrogen and oxygen atoms in total. The molecule has 2 aliphatic rings. The maximum Gasteiger partial charge on any atom is 0.286 e. The van der Waals surface area contributed by atoms with Crippen molar-refractivity contribution in [2.75, 3.05) is 0 Å². The number of carbonyl (C=O) groups excluding carboxylic acids is 2. The zero-order valence-corrected chi connectivity index (χ0v) is 13.0. The highest BCUT2D eigenvalue weighted by molar-refractivity contribution is 8.15. The van der Waals surface area contributed by atoms with Crippen LogP contribution in [0.25, 0.3) is 0 Å². The number of thioether (sulfide) groups is 1. The van der Waals surface area contributed by atoms with E-state index in [0.717, 1.165) is 41.7 Å². The van der Waals surface area contributed by atoms with Crippen molar-refractivity contribution in [3.63, 3.8) is 0 Å². The first-order valence-electron chi connectivity index (χ1n) is 7.43. The third kappa shape index (κ3) is 2.70. The highest BCUT2D eigenvalue weighted by Gasteiger charge is 2.41. The molecule has 2 amide bonds. The van der Waals surface area contributed by atoms with E-state index in [9.17, 15) is 9.59 Å². The smallest absolute Gasteiger partial charge is 0.286 e. The first-order valence-corrected chi connectivity index (χ1v) is 8.31. The van der Waals surface area contributed by atoms with Gasteiger partial charge in [0.25, 0.3) is 5.24 Å². The molecule has 0 spiro atoms. The third-order valence-electron chi connectivity index (χ3n) is 4.21. The van der Waals surface area contributed by atoms with Crippen molar-refractivity contribution in [1.29, 1.82) is 0 Å². The van der Waals surface area contributed by atoms with Crippen LogP contribution in [0, 0.1) is 0 Å². The van der Waals surface area contributed by atoms with Gasteiger partial charge in [-0.1, -0.05) is 17.8 Å². The lowest BCUT2D eigenvalue weighted by Crippen LogP contribution is -2.27. The Bertz CT molecular complexity index is 779. The minimum Gasteiger partial charge on any atom is -0.457 e. The number of imide groups is 1. The zero-order valence-electron chi connectivity index (χ0n) is 12.2. The maximum absolute atomic E-state index is 11.9. The summed E-state index contributed by atoms with van der Waals surface area (Å²) in [6, 6.07) is 9.56. The van der Waals surface area contributed by atoms with E-state index in [1.54, 1.807) is 24.5 Å². The number of amides is 2. The average molecular weight is 326 g/mol. The molecule has 1 saturated heterocycles. The molecule has 1 aliphatic heterocycles. The predicted molar refractivity (Wildman–Crippen MR) is 86.7 cm³/mol. The van der Waals surface area contributed by atoms with Crippen molar-refractivity contribution in [3.8, 4) is 11.5 Å². The second kappa shape index (κ2) is 5.70. The summed E-state index contributed by atoms with van der Waals surface area (Å²) in [5, 5.41) is 1.82. The van der Waals surface area contributed by atoms with Crippen LogP contribution < -0.4 is 10.1 Å². The van der Waals surface area contributed by atoms with Gasteiger partial charge in [0.2, 0.25) is 5.91 Å². The van der Waals surface area contributed by atoms with Crippen molar-refractivity contribution in [2.24, 2.45) is 0 Å². The standard InChI is InChI=1S/C17H14N2O3S/c20-16-15(23-17(21)19-16)14-3-1-10-9-12(2-4-13(10)14)22-11-5-7-18-8-6-11/h2,4-9,14-15H,1,3H2,(H,19,20,21)/t14-,15?/m1/s1. The molecule has 2 atom stereocenters. The van der Waals surface area contributed by atoms with Crippen LogP contribution in [0.3, 0.4) is 0 Å². The Morgan fingerprint density at radius 1 is 1.13 bits per heavy atom. The topological polar surface area (TPSA) is 68.3 Å². The van der Waals surface area contributed by atoms with Crippen LogP contribution in [0.4, 0.5) is 4.79 Å². The van der Waals surface area contributed by atoms with Crippen LogP contribution in [0.2, 0.25) is 0 Å². The number of nitrogens with one attached hydrogen (secondary N) is 1. The molecule has 1 aromatic carbocycles. The molecule has 1 unspecified atom stereocenters. The number of aryl methyl sites for hydroxylation is 1. The first-order chi connectivity index (χ1) is 11.2. The molecule has 0 radical (unpaired) electrons. The van der Waals surface area contributed by atoms with Gasteiger partial charge in [-0.15, -0.1) is 0 Å². The molecule has 23 heavy (non-hydrogen) atoms. The summed E-state index contributed by atoms with van der Waals surface area (Å²) in [7, 11) is 0. The van der Waals surface area contributed by atoms with Gasteiger partial charge in [-0.3, -0.25) is 19.9 Å². The summed E-state index contributed by atoms with van der Waals surface area (Å²) in [5.41, 5.74) is 2.34. The number of hydrogen-bond donors (Lipinski definition) is 1. The Labute approximate surface area is 137 Å². The molecule has 6 heteroatoms. The number of fused-ring (bicyclic) bond motifs is 1. The van der Waals surface area contributed by atoms with E-state index in [4.69, 9.17) is 4.74 Å². The normalized spacial score (nSPS) is 22.8. The number of hydrogen-bond acceptors (Lipinski definition) is 5. The lowest BCUT2D eigenvalue weighted by atomic mass is 9.97.